The fourth-order valence-corrected chi connectivity index (χ4v) is 2.90. The Balaban J connectivity index is 1.86. The first-order valence-corrected chi connectivity index (χ1v) is 6.15. The van der Waals surface area contributed by atoms with Crippen LogP contribution in [0.1, 0.15) is 17.7 Å². The lowest BCUT2D eigenvalue weighted by Crippen LogP contribution is -2.39. The van der Waals surface area contributed by atoms with Crippen molar-refractivity contribution in [3.63, 3.8) is 0 Å². The molecule has 1 aliphatic heterocycles. The third kappa shape index (κ3) is 2.70. The molecule has 1 aromatic rings. The number of hydrogen-bond donors (Lipinski definition) is 1. The van der Waals surface area contributed by atoms with Gasteiger partial charge < -0.3 is 5.73 Å². The van der Waals surface area contributed by atoms with E-state index in [9.17, 15) is 0 Å². The Morgan fingerprint density at radius 3 is 2.71 bits per heavy atom. The molecule has 0 radical (unpaired) electrons. The first-order valence-electron chi connectivity index (χ1n) is 4.96. The molecule has 14 heavy (non-hydrogen) atoms. The molecule has 1 saturated heterocycles. The van der Waals surface area contributed by atoms with E-state index < -0.39 is 0 Å². The normalized spacial score (nSPS) is 20.1. The van der Waals surface area contributed by atoms with Crippen molar-refractivity contribution >= 4 is 22.9 Å². The largest absolute Gasteiger partial charge is 0.328 e. The Kier molecular flexibility index (Phi) is 3.44. The molecule has 0 spiro atoms. The van der Waals surface area contributed by atoms with Crippen LogP contribution >= 0.6 is 22.9 Å². The maximum Gasteiger partial charge on any atom is 0.0931 e. The molecule has 0 atom stereocenters. The first-order chi connectivity index (χ1) is 6.74. The van der Waals surface area contributed by atoms with E-state index in [1.807, 2.05) is 6.07 Å². The molecule has 0 aromatic carbocycles. The number of nitrogens with zero attached hydrogens (tertiary/aromatic N) is 1. The number of likely N-dealkylation sites (tertiary alicyclic amines) is 1. The van der Waals surface area contributed by atoms with E-state index in [2.05, 4.69) is 11.0 Å². The summed E-state index contributed by atoms with van der Waals surface area (Å²) in [4.78, 5) is 3.80. The predicted molar refractivity (Wildman–Crippen MR) is 61.8 cm³/mol. The van der Waals surface area contributed by atoms with E-state index in [1.54, 1.807) is 11.3 Å². The van der Waals surface area contributed by atoms with Crippen molar-refractivity contribution in [2.45, 2.75) is 25.4 Å². The van der Waals surface area contributed by atoms with E-state index in [0.717, 1.165) is 36.8 Å². The van der Waals surface area contributed by atoms with Crippen LogP contribution in [-0.2, 0) is 6.54 Å². The molecule has 2 rings (SSSR count). The average Bonchev–Trinajstić information content (AvgIpc) is 2.56. The molecule has 0 bridgehead atoms. The minimum atomic E-state index is 0.415. The van der Waals surface area contributed by atoms with Crippen LogP contribution in [0.4, 0.5) is 0 Å². The highest BCUT2D eigenvalue weighted by Gasteiger charge is 2.16. The number of halogens is 1. The van der Waals surface area contributed by atoms with Gasteiger partial charge in [0.15, 0.2) is 0 Å². The Bertz CT molecular complexity index is 292. The molecule has 0 unspecified atom stereocenters. The zero-order valence-corrected chi connectivity index (χ0v) is 9.65. The Morgan fingerprint density at radius 1 is 1.43 bits per heavy atom. The summed E-state index contributed by atoms with van der Waals surface area (Å²) in [7, 11) is 0. The average molecular weight is 231 g/mol. The zero-order chi connectivity index (χ0) is 9.97. The van der Waals surface area contributed by atoms with E-state index >= 15 is 0 Å². The second kappa shape index (κ2) is 4.62. The van der Waals surface area contributed by atoms with Gasteiger partial charge in [-0.3, -0.25) is 4.90 Å². The lowest BCUT2D eigenvalue weighted by molar-refractivity contribution is 0.207. The van der Waals surface area contributed by atoms with Gasteiger partial charge in [0.1, 0.15) is 0 Å². The quantitative estimate of drug-likeness (QED) is 0.845. The monoisotopic (exact) mass is 230 g/mol. The fourth-order valence-electron chi connectivity index (χ4n) is 1.77. The summed E-state index contributed by atoms with van der Waals surface area (Å²) in [5, 5.41) is 0. The van der Waals surface area contributed by atoms with Gasteiger partial charge in [0.2, 0.25) is 0 Å². The maximum atomic E-state index is 5.88. The molecule has 2 nitrogen and oxygen atoms in total. The molecular weight excluding hydrogens is 216 g/mol. The Hall–Kier alpha value is -0.0900. The van der Waals surface area contributed by atoms with Gasteiger partial charge >= 0.3 is 0 Å². The number of nitrogens with two attached hydrogens (primary N) is 1. The second-order valence-corrected chi connectivity index (χ2v) is 5.62. The smallest absolute Gasteiger partial charge is 0.0931 e. The van der Waals surface area contributed by atoms with Crippen LogP contribution in [0.3, 0.4) is 0 Å². The van der Waals surface area contributed by atoms with Crippen molar-refractivity contribution in [1.29, 1.82) is 0 Å². The molecule has 2 heterocycles. The minimum absolute atomic E-state index is 0.415. The highest BCUT2D eigenvalue weighted by Crippen LogP contribution is 2.23. The third-order valence-corrected chi connectivity index (χ3v) is 3.86. The lowest BCUT2D eigenvalue weighted by Gasteiger charge is -2.29. The zero-order valence-electron chi connectivity index (χ0n) is 8.08. The summed E-state index contributed by atoms with van der Waals surface area (Å²) in [6.45, 7) is 3.28. The Labute approximate surface area is 93.7 Å². The van der Waals surface area contributed by atoms with Gasteiger partial charge in [0.05, 0.1) is 4.34 Å². The molecule has 78 valence electrons. The van der Waals surface area contributed by atoms with Crippen LogP contribution < -0.4 is 5.73 Å². The summed E-state index contributed by atoms with van der Waals surface area (Å²) < 4.78 is 0.883. The lowest BCUT2D eigenvalue weighted by atomic mass is 10.1. The molecule has 0 saturated carbocycles. The van der Waals surface area contributed by atoms with Gasteiger partial charge in [0, 0.05) is 17.5 Å². The van der Waals surface area contributed by atoms with Gasteiger partial charge in [0.25, 0.3) is 0 Å². The van der Waals surface area contributed by atoms with E-state index in [1.165, 1.54) is 4.88 Å². The van der Waals surface area contributed by atoms with Gasteiger partial charge in [-0.05, 0) is 38.1 Å². The first kappa shape index (κ1) is 10.4. The number of thiophene rings is 1. The van der Waals surface area contributed by atoms with Gasteiger partial charge in [-0.1, -0.05) is 11.6 Å². The summed E-state index contributed by atoms with van der Waals surface area (Å²) in [6, 6.07) is 4.50. The van der Waals surface area contributed by atoms with Crippen molar-refractivity contribution in [3.8, 4) is 0 Å². The minimum Gasteiger partial charge on any atom is -0.328 e. The predicted octanol–water partition coefficient (Wildman–Crippen LogP) is 2.32. The van der Waals surface area contributed by atoms with Crippen LogP contribution in [0, 0.1) is 0 Å². The van der Waals surface area contributed by atoms with Crippen LogP contribution in [0.25, 0.3) is 0 Å². The highest BCUT2D eigenvalue weighted by molar-refractivity contribution is 7.16. The number of hydrogen-bond acceptors (Lipinski definition) is 3. The van der Waals surface area contributed by atoms with Crippen molar-refractivity contribution in [3.05, 3.63) is 21.3 Å². The van der Waals surface area contributed by atoms with E-state index in [-0.39, 0.29) is 0 Å². The molecule has 4 heteroatoms. The summed E-state index contributed by atoms with van der Waals surface area (Å²) in [6.07, 6.45) is 2.25. The van der Waals surface area contributed by atoms with Crippen molar-refractivity contribution in [2.75, 3.05) is 13.1 Å². The van der Waals surface area contributed by atoms with Gasteiger partial charge in [-0.25, -0.2) is 0 Å². The molecule has 1 aromatic heterocycles. The third-order valence-electron chi connectivity index (χ3n) is 2.64. The van der Waals surface area contributed by atoms with Crippen LogP contribution in [0.5, 0.6) is 0 Å². The molecule has 0 aliphatic carbocycles. The summed E-state index contributed by atoms with van der Waals surface area (Å²) in [5.74, 6) is 0. The van der Waals surface area contributed by atoms with Crippen molar-refractivity contribution in [1.82, 2.24) is 4.90 Å². The van der Waals surface area contributed by atoms with Gasteiger partial charge in [-0.2, -0.15) is 0 Å². The van der Waals surface area contributed by atoms with Crippen LogP contribution in [0.15, 0.2) is 12.1 Å². The molecule has 0 amide bonds. The summed E-state index contributed by atoms with van der Waals surface area (Å²) in [5.41, 5.74) is 5.85. The SMILES string of the molecule is NC1CCN(Cc2ccc(Cl)s2)CC1. The number of piperidine rings is 1. The number of rotatable bonds is 2. The van der Waals surface area contributed by atoms with Gasteiger partial charge in [-0.15, -0.1) is 11.3 Å². The maximum absolute atomic E-state index is 5.88. The van der Waals surface area contributed by atoms with Crippen molar-refractivity contribution in [2.24, 2.45) is 5.73 Å². The fraction of sp³-hybridized carbons (Fsp3) is 0.600. The highest BCUT2D eigenvalue weighted by atomic mass is 35.5. The molecular formula is C10H15ClN2S. The Morgan fingerprint density at radius 2 is 2.14 bits per heavy atom. The molecule has 1 aliphatic rings. The van der Waals surface area contributed by atoms with Crippen molar-refractivity contribution < 1.29 is 0 Å². The molecule has 1 fully saturated rings. The standard InChI is InChI=1S/C10H15ClN2S/c11-10-2-1-9(14-10)7-13-5-3-8(12)4-6-13/h1-2,8H,3-7,12H2. The van der Waals surface area contributed by atoms with E-state index in [0.29, 0.717) is 6.04 Å². The van der Waals surface area contributed by atoms with Crippen LogP contribution in [-0.4, -0.2) is 24.0 Å². The molecule has 2 N–H and O–H groups in total. The second-order valence-electron chi connectivity index (χ2n) is 3.82. The topological polar surface area (TPSA) is 29.3 Å². The summed E-state index contributed by atoms with van der Waals surface area (Å²) >= 11 is 7.56. The van der Waals surface area contributed by atoms with Crippen LogP contribution in [0.2, 0.25) is 4.34 Å². The van der Waals surface area contributed by atoms with E-state index in [4.69, 9.17) is 17.3 Å².